The number of aliphatic hydroxyl groups is 1. The van der Waals surface area contributed by atoms with Gasteiger partial charge in [-0.2, -0.15) is 5.26 Å². The van der Waals surface area contributed by atoms with Crippen LogP contribution in [-0.4, -0.2) is 64.1 Å². The van der Waals surface area contributed by atoms with Crippen molar-refractivity contribution in [1.82, 2.24) is 9.80 Å². The number of carbonyl (C=O) groups excluding carboxylic acids is 1. The van der Waals surface area contributed by atoms with Crippen LogP contribution in [0.15, 0.2) is 11.6 Å². The molecule has 0 aromatic rings. The molecule has 2 saturated heterocycles. The molecule has 0 saturated carbocycles. The van der Waals surface area contributed by atoms with Crippen LogP contribution in [0.5, 0.6) is 0 Å². The lowest BCUT2D eigenvalue weighted by Crippen LogP contribution is -2.50. The third-order valence-corrected chi connectivity index (χ3v) is 5.75. The van der Waals surface area contributed by atoms with Gasteiger partial charge in [0.1, 0.15) is 5.92 Å². The van der Waals surface area contributed by atoms with Gasteiger partial charge in [-0.05, 0) is 46.1 Å². The maximum absolute atomic E-state index is 13.5. The van der Waals surface area contributed by atoms with E-state index in [1.54, 1.807) is 22.8 Å². The van der Waals surface area contributed by atoms with E-state index in [0.717, 1.165) is 6.42 Å². The summed E-state index contributed by atoms with van der Waals surface area (Å²) in [6, 6.07) is 2.06. The molecule has 146 valence electrons. The number of hydrogen-bond acceptors (Lipinski definition) is 4. The number of aliphatic hydroxyl groups excluding tert-OH is 1. The quantitative estimate of drug-likeness (QED) is 0.757. The molecule has 2 fully saturated rings. The number of carbonyl (C=O) groups is 1. The highest BCUT2D eigenvalue weighted by atomic mass is 19.3. The Labute approximate surface area is 154 Å². The monoisotopic (exact) mass is 369 g/mol. The maximum Gasteiger partial charge on any atom is 0.261 e. The molecule has 2 aliphatic heterocycles. The Kier molecular flexibility index (Phi) is 5.79. The molecular formula is C19H29F2N3O2. The van der Waals surface area contributed by atoms with Crippen molar-refractivity contribution in [3.63, 3.8) is 0 Å². The zero-order valence-electron chi connectivity index (χ0n) is 16.1. The molecule has 2 atom stereocenters. The van der Waals surface area contributed by atoms with Crippen LogP contribution in [0.25, 0.3) is 0 Å². The Bertz CT molecular complexity index is 627. The summed E-state index contributed by atoms with van der Waals surface area (Å²) in [6.07, 6.45) is 3.07. The van der Waals surface area contributed by atoms with Gasteiger partial charge in [-0.15, -0.1) is 0 Å². The number of nitrogens with zero attached hydrogens (tertiary/aromatic N) is 3. The van der Waals surface area contributed by atoms with Crippen LogP contribution in [0, 0.1) is 17.2 Å². The molecule has 2 aliphatic rings. The molecule has 7 heteroatoms. The molecule has 1 unspecified atom stereocenters. The van der Waals surface area contributed by atoms with E-state index >= 15 is 0 Å². The molecule has 26 heavy (non-hydrogen) atoms. The SMILES string of the molecule is C/C(=C\C(C)(C)N1CCC(F)(F)C1)C(C#N)C(=O)N1CCC[C@]1(C)CO. The summed E-state index contributed by atoms with van der Waals surface area (Å²) in [5, 5.41) is 19.2. The van der Waals surface area contributed by atoms with Crippen molar-refractivity contribution < 1.29 is 18.7 Å². The van der Waals surface area contributed by atoms with Crippen LogP contribution in [0.2, 0.25) is 0 Å². The summed E-state index contributed by atoms with van der Waals surface area (Å²) in [6.45, 7) is 7.51. The summed E-state index contributed by atoms with van der Waals surface area (Å²) in [4.78, 5) is 16.2. The van der Waals surface area contributed by atoms with Crippen LogP contribution < -0.4 is 0 Å². The number of amides is 1. The van der Waals surface area contributed by atoms with Gasteiger partial charge in [0, 0.05) is 25.0 Å². The molecule has 2 rings (SSSR count). The Morgan fingerprint density at radius 3 is 2.54 bits per heavy atom. The number of rotatable bonds is 5. The molecular weight excluding hydrogens is 340 g/mol. The summed E-state index contributed by atoms with van der Waals surface area (Å²) < 4.78 is 27.1. The molecule has 5 nitrogen and oxygen atoms in total. The molecule has 0 bridgehead atoms. The Morgan fingerprint density at radius 1 is 1.38 bits per heavy atom. The van der Waals surface area contributed by atoms with Crippen molar-refractivity contribution in [1.29, 1.82) is 5.26 Å². The predicted molar refractivity (Wildman–Crippen MR) is 94.5 cm³/mol. The highest BCUT2D eigenvalue weighted by molar-refractivity contribution is 5.85. The van der Waals surface area contributed by atoms with E-state index in [0.29, 0.717) is 18.5 Å². The minimum Gasteiger partial charge on any atom is -0.394 e. The van der Waals surface area contributed by atoms with Gasteiger partial charge >= 0.3 is 0 Å². The highest BCUT2D eigenvalue weighted by Gasteiger charge is 2.44. The molecule has 1 N–H and O–H groups in total. The molecule has 0 aromatic carbocycles. The fourth-order valence-electron chi connectivity index (χ4n) is 4.03. The first-order chi connectivity index (χ1) is 12.0. The highest BCUT2D eigenvalue weighted by Crippen LogP contribution is 2.35. The van der Waals surface area contributed by atoms with Gasteiger partial charge < -0.3 is 10.0 Å². The van der Waals surface area contributed by atoms with E-state index in [1.807, 2.05) is 20.8 Å². The van der Waals surface area contributed by atoms with E-state index in [9.17, 15) is 23.9 Å². The van der Waals surface area contributed by atoms with Crippen LogP contribution in [-0.2, 0) is 4.79 Å². The van der Waals surface area contributed by atoms with E-state index < -0.39 is 22.9 Å². The number of likely N-dealkylation sites (tertiary alicyclic amines) is 2. The van der Waals surface area contributed by atoms with Crippen LogP contribution >= 0.6 is 0 Å². The zero-order chi connectivity index (χ0) is 19.8. The van der Waals surface area contributed by atoms with Gasteiger partial charge in [-0.3, -0.25) is 9.69 Å². The fraction of sp³-hybridized carbons (Fsp3) is 0.789. The zero-order valence-corrected chi connectivity index (χ0v) is 16.1. The summed E-state index contributed by atoms with van der Waals surface area (Å²) in [7, 11) is 0. The lowest BCUT2D eigenvalue weighted by molar-refractivity contribution is -0.137. The first-order valence-corrected chi connectivity index (χ1v) is 9.10. The van der Waals surface area contributed by atoms with E-state index in [-0.39, 0.29) is 32.0 Å². The lowest BCUT2D eigenvalue weighted by Gasteiger charge is -2.36. The molecule has 0 aliphatic carbocycles. The first kappa shape index (κ1) is 20.8. The summed E-state index contributed by atoms with van der Waals surface area (Å²) in [5.41, 5.74) is -0.756. The van der Waals surface area contributed by atoms with Crippen LogP contribution in [0.3, 0.4) is 0 Å². The van der Waals surface area contributed by atoms with Crippen LogP contribution in [0.1, 0.15) is 47.0 Å². The molecule has 2 heterocycles. The van der Waals surface area contributed by atoms with Gasteiger partial charge in [0.25, 0.3) is 5.92 Å². The largest absolute Gasteiger partial charge is 0.394 e. The van der Waals surface area contributed by atoms with Crippen molar-refractivity contribution in [2.45, 2.75) is 64.0 Å². The molecule has 0 aromatic heterocycles. The minimum absolute atomic E-state index is 0.145. The smallest absolute Gasteiger partial charge is 0.261 e. The van der Waals surface area contributed by atoms with Gasteiger partial charge in [0.05, 0.1) is 24.8 Å². The average molecular weight is 369 g/mol. The predicted octanol–water partition coefficient (Wildman–Crippen LogP) is 2.57. The molecule has 0 radical (unpaired) electrons. The van der Waals surface area contributed by atoms with Crippen molar-refractivity contribution in [2.24, 2.45) is 5.92 Å². The average Bonchev–Trinajstić information content (AvgIpc) is 3.11. The first-order valence-electron chi connectivity index (χ1n) is 9.10. The normalized spacial score (nSPS) is 28.2. The Balaban J connectivity index is 2.20. The number of halogens is 2. The van der Waals surface area contributed by atoms with E-state index in [1.165, 1.54) is 0 Å². The van der Waals surface area contributed by atoms with Crippen molar-refractivity contribution in [2.75, 3.05) is 26.2 Å². The van der Waals surface area contributed by atoms with Gasteiger partial charge in [-0.1, -0.05) is 6.08 Å². The number of hydrogen-bond donors (Lipinski definition) is 1. The topological polar surface area (TPSA) is 67.6 Å². The second-order valence-corrected chi connectivity index (χ2v) is 8.38. The second-order valence-electron chi connectivity index (χ2n) is 8.38. The van der Waals surface area contributed by atoms with Gasteiger partial charge in [0.2, 0.25) is 5.91 Å². The third kappa shape index (κ3) is 4.07. The summed E-state index contributed by atoms with van der Waals surface area (Å²) >= 11 is 0. The van der Waals surface area contributed by atoms with Crippen molar-refractivity contribution in [3.8, 4) is 6.07 Å². The van der Waals surface area contributed by atoms with E-state index in [4.69, 9.17) is 0 Å². The van der Waals surface area contributed by atoms with Crippen LogP contribution in [0.4, 0.5) is 8.78 Å². The van der Waals surface area contributed by atoms with Crippen molar-refractivity contribution >= 4 is 5.91 Å². The van der Waals surface area contributed by atoms with Gasteiger partial charge in [-0.25, -0.2) is 8.78 Å². The fourth-order valence-corrected chi connectivity index (χ4v) is 4.03. The maximum atomic E-state index is 13.5. The molecule has 0 spiro atoms. The standard InChI is InChI=1S/C19H29F2N3O2/c1-14(10-17(2,3)23-9-7-19(20,21)12-23)15(11-22)16(26)24-8-5-6-18(24,4)13-25/h10,15,25H,5-9,12-13H2,1-4H3/b14-10+/t15?,18-/m1/s1. The Hall–Kier alpha value is -1.52. The Morgan fingerprint density at radius 2 is 2.04 bits per heavy atom. The second kappa shape index (κ2) is 7.24. The molecule has 1 amide bonds. The third-order valence-electron chi connectivity index (χ3n) is 5.75. The number of nitriles is 1. The van der Waals surface area contributed by atoms with Crippen molar-refractivity contribution in [3.05, 3.63) is 11.6 Å². The lowest BCUT2D eigenvalue weighted by atomic mass is 9.91. The summed E-state index contributed by atoms with van der Waals surface area (Å²) in [5.74, 6) is -3.98. The van der Waals surface area contributed by atoms with Gasteiger partial charge in [0.15, 0.2) is 0 Å². The van der Waals surface area contributed by atoms with E-state index in [2.05, 4.69) is 6.07 Å². The number of alkyl halides is 2. The minimum atomic E-state index is -2.69.